The Morgan fingerprint density at radius 1 is 1.37 bits per heavy atom. The average molecular weight is 303 g/mol. The van der Waals surface area contributed by atoms with Gasteiger partial charge in [0.2, 0.25) is 0 Å². The van der Waals surface area contributed by atoms with Crippen LogP contribution in [0, 0.1) is 6.92 Å². The van der Waals surface area contributed by atoms with E-state index >= 15 is 0 Å². The normalized spacial score (nSPS) is 11.5. The lowest BCUT2D eigenvalue weighted by Crippen LogP contribution is -2.17. The Morgan fingerprint density at radius 2 is 2.00 bits per heavy atom. The number of ether oxygens (including phenoxy) is 1. The minimum Gasteiger partial charge on any atom is -0.469 e. The van der Waals surface area contributed by atoms with E-state index in [0.29, 0.717) is 23.2 Å². The molecule has 0 saturated heterocycles. The number of thioether (sulfide) groups is 1. The molecule has 4 nitrogen and oxygen atoms in total. The first-order valence-corrected chi connectivity index (χ1v) is 7.36. The molecule has 0 aliphatic rings. The zero-order valence-electron chi connectivity index (χ0n) is 11.9. The third-order valence-electron chi connectivity index (χ3n) is 2.49. The predicted molar refractivity (Wildman–Crippen MR) is 77.8 cm³/mol. The van der Waals surface area contributed by atoms with E-state index in [1.807, 2.05) is 27.7 Å². The van der Waals surface area contributed by atoms with Gasteiger partial charge in [-0.3, -0.25) is 4.79 Å². The largest absolute Gasteiger partial charge is 0.469 e. The summed E-state index contributed by atoms with van der Waals surface area (Å²) in [6.45, 7) is 8.00. The molecule has 0 aromatic carbocycles. The molecule has 0 bridgehead atoms. The fourth-order valence-electron chi connectivity index (χ4n) is 1.28. The van der Waals surface area contributed by atoms with Crippen molar-refractivity contribution >= 4 is 29.3 Å². The van der Waals surface area contributed by atoms with Crippen molar-refractivity contribution in [2.24, 2.45) is 0 Å². The van der Waals surface area contributed by atoms with Crippen molar-refractivity contribution in [3.8, 4) is 0 Å². The number of esters is 1. The van der Waals surface area contributed by atoms with Gasteiger partial charge in [-0.1, -0.05) is 32.4 Å². The van der Waals surface area contributed by atoms with Crippen LogP contribution in [0.4, 0.5) is 0 Å². The van der Waals surface area contributed by atoms with Gasteiger partial charge in [0.05, 0.1) is 13.5 Å². The maximum atomic E-state index is 11.1. The summed E-state index contributed by atoms with van der Waals surface area (Å²) in [6.07, 6.45) is 0.354. The lowest BCUT2D eigenvalue weighted by Gasteiger charge is -2.18. The van der Waals surface area contributed by atoms with Crippen molar-refractivity contribution in [1.82, 2.24) is 9.97 Å². The van der Waals surface area contributed by atoms with Crippen LogP contribution in [0.2, 0.25) is 5.15 Å². The van der Waals surface area contributed by atoms with E-state index in [0.717, 1.165) is 10.6 Å². The van der Waals surface area contributed by atoms with E-state index in [1.165, 1.54) is 18.9 Å². The minimum atomic E-state index is -0.221. The molecule has 19 heavy (non-hydrogen) atoms. The lowest BCUT2D eigenvalue weighted by molar-refractivity contribution is -0.140. The van der Waals surface area contributed by atoms with Crippen LogP contribution < -0.4 is 0 Å². The van der Waals surface area contributed by atoms with Crippen LogP contribution in [-0.2, 0) is 14.9 Å². The summed E-state index contributed by atoms with van der Waals surface area (Å²) < 4.78 is 4.61. The topological polar surface area (TPSA) is 52.1 Å². The van der Waals surface area contributed by atoms with Crippen LogP contribution >= 0.6 is 23.4 Å². The number of rotatable bonds is 4. The Hall–Kier alpha value is -0.810. The monoisotopic (exact) mass is 302 g/mol. The molecule has 0 amide bonds. The Bertz CT molecular complexity index is 472. The second-order valence-corrected chi connectivity index (χ2v) is 6.63. The summed E-state index contributed by atoms with van der Waals surface area (Å²) in [6, 6.07) is 0. The number of aromatic nitrogens is 2. The van der Waals surface area contributed by atoms with Gasteiger partial charge in [-0.05, 0) is 6.92 Å². The van der Waals surface area contributed by atoms with Gasteiger partial charge in [-0.15, -0.1) is 11.8 Å². The van der Waals surface area contributed by atoms with Gasteiger partial charge in [0.15, 0.2) is 0 Å². The van der Waals surface area contributed by atoms with E-state index in [9.17, 15) is 4.79 Å². The quantitative estimate of drug-likeness (QED) is 0.485. The van der Waals surface area contributed by atoms with Crippen LogP contribution in [0.1, 0.15) is 38.6 Å². The van der Waals surface area contributed by atoms with Crippen molar-refractivity contribution in [3.63, 3.8) is 0 Å². The molecule has 1 aromatic heterocycles. The maximum Gasteiger partial charge on any atom is 0.306 e. The number of carbonyl (C=O) groups is 1. The predicted octanol–water partition coefficient (Wildman–Crippen LogP) is 3.39. The van der Waals surface area contributed by atoms with E-state index in [-0.39, 0.29) is 11.4 Å². The number of hydrogen-bond acceptors (Lipinski definition) is 5. The van der Waals surface area contributed by atoms with E-state index in [2.05, 4.69) is 14.7 Å². The first-order valence-electron chi connectivity index (χ1n) is 6.00. The minimum absolute atomic E-state index is 0.158. The second-order valence-electron chi connectivity index (χ2n) is 5.19. The first kappa shape index (κ1) is 16.2. The summed E-state index contributed by atoms with van der Waals surface area (Å²) in [5.74, 6) is 1.11. The van der Waals surface area contributed by atoms with Crippen LogP contribution in [0.25, 0.3) is 0 Å². The first-order chi connectivity index (χ1) is 8.75. The van der Waals surface area contributed by atoms with Crippen molar-refractivity contribution < 1.29 is 9.53 Å². The fraction of sp³-hybridized carbons (Fsp3) is 0.615. The molecular formula is C13H19ClN2O2S. The van der Waals surface area contributed by atoms with Crippen molar-refractivity contribution in [1.29, 1.82) is 0 Å². The highest BCUT2D eigenvalue weighted by Crippen LogP contribution is 2.29. The van der Waals surface area contributed by atoms with Gasteiger partial charge in [-0.2, -0.15) is 0 Å². The molecule has 0 fully saturated rings. The number of halogens is 1. The van der Waals surface area contributed by atoms with E-state index in [4.69, 9.17) is 11.6 Å². The fourth-order valence-corrected chi connectivity index (χ4v) is 2.43. The number of methoxy groups -OCH3 is 1. The molecule has 106 valence electrons. The van der Waals surface area contributed by atoms with Crippen molar-refractivity contribution in [2.45, 2.75) is 44.6 Å². The van der Waals surface area contributed by atoms with Gasteiger partial charge < -0.3 is 4.74 Å². The third-order valence-corrected chi connectivity index (χ3v) is 3.93. The lowest BCUT2D eigenvalue weighted by atomic mass is 9.96. The summed E-state index contributed by atoms with van der Waals surface area (Å²) in [5, 5.41) is 1.30. The summed E-state index contributed by atoms with van der Waals surface area (Å²) >= 11 is 7.64. The number of nitrogens with zero attached hydrogens (tertiary/aromatic N) is 2. The third kappa shape index (κ3) is 4.66. The highest BCUT2D eigenvalue weighted by Gasteiger charge is 2.20. The summed E-state index contributed by atoms with van der Waals surface area (Å²) in [5.41, 5.74) is 0.694. The number of hydrogen-bond donors (Lipinski definition) is 0. The number of carbonyl (C=O) groups excluding carboxylic acids is 1. The zero-order valence-corrected chi connectivity index (χ0v) is 13.5. The molecule has 0 unspecified atom stereocenters. The van der Waals surface area contributed by atoms with E-state index < -0.39 is 0 Å². The highest BCUT2D eigenvalue weighted by molar-refractivity contribution is 7.99. The SMILES string of the molecule is COC(=O)CCSc1nc(C(C)(C)C)nc(Cl)c1C. The Balaban J connectivity index is 2.88. The van der Waals surface area contributed by atoms with Crippen LogP contribution in [0.5, 0.6) is 0 Å². The van der Waals surface area contributed by atoms with Gasteiger partial charge >= 0.3 is 5.97 Å². The summed E-state index contributed by atoms with van der Waals surface area (Å²) in [4.78, 5) is 19.9. The molecule has 0 atom stereocenters. The molecule has 0 saturated carbocycles. The average Bonchev–Trinajstić information content (AvgIpc) is 2.32. The van der Waals surface area contributed by atoms with E-state index in [1.54, 1.807) is 0 Å². The molecule has 1 aromatic rings. The van der Waals surface area contributed by atoms with Crippen LogP contribution in [0.3, 0.4) is 0 Å². The standard InChI is InChI=1S/C13H19ClN2O2S/c1-8-10(14)15-12(13(2,3)4)16-11(8)19-7-6-9(17)18-5/h6-7H2,1-5H3. The van der Waals surface area contributed by atoms with Gasteiger partial charge in [0, 0.05) is 16.7 Å². The second kappa shape index (κ2) is 6.57. The molecule has 0 aliphatic heterocycles. The molecular weight excluding hydrogens is 284 g/mol. The summed E-state index contributed by atoms with van der Waals surface area (Å²) in [7, 11) is 1.39. The Morgan fingerprint density at radius 3 is 2.53 bits per heavy atom. The molecule has 1 rings (SSSR count). The molecule has 6 heteroatoms. The molecule has 0 N–H and O–H groups in total. The molecule has 0 aliphatic carbocycles. The highest BCUT2D eigenvalue weighted by atomic mass is 35.5. The molecule has 0 radical (unpaired) electrons. The van der Waals surface area contributed by atoms with Gasteiger partial charge in [0.25, 0.3) is 0 Å². The van der Waals surface area contributed by atoms with Crippen molar-refractivity contribution in [3.05, 3.63) is 16.5 Å². The Kier molecular flexibility index (Phi) is 5.62. The zero-order chi connectivity index (χ0) is 14.6. The smallest absolute Gasteiger partial charge is 0.306 e. The van der Waals surface area contributed by atoms with Crippen LogP contribution in [-0.4, -0.2) is 28.8 Å². The van der Waals surface area contributed by atoms with Crippen LogP contribution in [0.15, 0.2) is 5.03 Å². The molecule has 1 heterocycles. The van der Waals surface area contributed by atoms with Crippen molar-refractivity contribution in [2.75, 3.05) is 12.9 Å². The van der Waals surface area contributed by atoms with Gasteiger partial charge in [-0.25, -0.2) is 9.97 Å². The Labute approximate surface area is 123 Å². The van der Waals surface area contributed by atoms with Gasteiger partial charge in [0.1, 0.15) is 16.0 Å². The molecule has 0 spiro atoms. The maximum absolute atomic E-state index is 11.1.